The third-order valence-corrected chi connectivity index (χ3v) is 3.66. The Balaban J connectivity index is 2.12. The molecule has 1 saturated heterocycles. The lowest BCUT2D eigenvalue weighted by atomic mass is 10.0. The highest BCUT2D eigenvalue weighted by atomic mass is 16.9. The number of benzene rings is 1. The summed E-state index contributed by atoms with van der Waals surface area (Å²) < 4.78 is 11.5. The van der Waals surface area contributed by atoms with Crippen molar-refractivity contribution in [1.82, 2.24) is 0 Å². The Hall–Kier alpha value is -1.59. The van der Waals surface area contributed by atoms with Gasteiger partial charge in [-0.25, -0.2) is 4.99 Å². The number of ether oxygens (including phenoxy) is 2. The smallest absolute Gasteiger partial charge is 0.307 e. The van der Waals surface area contributed by atoms with Gasteiger partial charge in [-0.2, -0.15) is 0 Å². The SMILES string of the molecule is CCN(CC)c1cccc2c1C1(N=C2N)OC(C)O1. The molecule has 0 radical (unpaired) electrons. The van der Waals surface area contributed by atoms with Crippen molar-refractivity contribution in [2.75, 3.05) is 18.0 Å². The molecule has 1 fully saturated rings. The van der Waals surface area contributed by atoms with Crippen LogP contribution in [0, 0.1) is 0 Å². The van der Waals surface area contributed by atoms with E-state index in [9.17, 15) is 0 Å². The average Bonchev–Trinajstić information content (AvgIpc) is 2.65. The van der Waals surface area contributed by atoms with E-state index < -0.39 is 5.91 Å². The van der Waals surface area contributed by atoms with Gasteiger partial charge in [0, 0.05) is 24.3 Å². The molecule has 0 unspecified atom stereocenters. The van der Waals surface area contributed by atoms with Crippen molar-refractivity contribution in [3.05, 3.63) is 29.3 Å². The fourth-order valence-corrected chi connectivity index (χ4v) is 2.82. The second-order valence-electron chi connectivity index (χ2n) is 4.75. The molecule has 0 aliphatic carbocycles. The molecule has 1 aromatic rings. The first-order chi connectivity index (χ1) is 9.11. The largest absolute Gasteiger partial charge is 0.383 e. The maximum Gasteiger partial charge on any atom is 0.307 e. The molecule has 0 aromatic heterocycles. The van der Waals surface area contributed by atoms with Crippen LogP contribution < -0.4 is 10.6 Å². The molecule has 19 heavy (non-hydrogen) atoms. The van der Waals surface area contributed by atoms with Crippen LogP contribution in [0.3, 0.4) is 0 Å². The molecule has 0 bridgehead atoms. The zero-order valence-electron chi connectivity index (χ0n) is 11.5. The molecule has 2 aliphatic heterocycles. The molecule has 0 amide bonds. The van der Waals surface area contributed by atoms with Gasteiger partial charge in [0.15, 0.2) is 6.29 Å². The summed E-state index contributed by atoms with van der Waals surface area (Å²) in [5.74, 6) is -0.534. The van der Waals surface area contributed by atoms with Crippen molar-refractivity contribution in [3.63, 3.8) is 0 Å². The normalized spacial score (nSPS) is 27.9. The van der Waals surface area contributed by atoms with Gasteiger partial charge >= 0.3 is 5.91 Å². The van der Waals surface area contributed by atoms with Crippen LogP contribution in [0.4, 0.5) is 5.69 Å². The standard InChI is InChI=1S/C14H19N3O2/c1-4-17(5-2)11-8-6-7-10-12(11)14(16-13(10)15)18-9(3)19-14/h6-9H,4-5H2,1-3H3,(H2,15,16). The van der Waals surface area contributed by atoms with Gasteiger partial charge in [-0.1, -0.05) is 12.1 Å². The van der Waals surface area contributed by atoms with Gasteiger partial charge < -0.3 is 10.6 Å². The number of anilines is 1. The predicted octanol–water partition coefficient (Wildman–Crippen LogP) is 1.75. The van der Waals surface area contributed by atoms with Gasteiger partial charge in [0.05, 0.1) is 5.56 Å². The minimum absolute atomic E-state index is 0.243. The van der Waals surface area contributed by atoms with E-state index in [2.05, 4.69) is 29.8 Å². The maximum absolute atomic E-state index is 6.00. The van der Waals surface area contributed by atoms with E-state index in [1.54, 1.807) is 0 Å². The Morgan fingerprint density at radius 2 is 2.00 bits per heavy atom. The lowest BCUT2D eigenvalue weighted by molar-refractivity contribution is -0.451. The van der Waals surface area contributed by atoms with Gasteiger partial charge in [-0.3, -0.25) is 9.47 Å². The number of fused-ring (bicyclic) bond motifs is 2. The molecule has 3 rings (SSSR count). The number of rotatable bonds is 3. The topological polar surface area (TPSA) is 60.1 Å². The van der Waals surface area contributed by atoms with Crippen LogP contribution in [0.5, 0.6) is 0 Å². The van der Waals surface area contributed by atoms with Gasteiger partial charge in [0.25, 0.3) is 0 Å². The summed E-state index contributed by atoms with van der Waals surface area (Å²) in [4.78, 5) is 6.63. The van der Waals surface area contributed by atoms with Gasteiger partial charge in [-0.15, -0.1) is 0 Å². The van der Waals surface area contributed by atoms with Crippen LogP contribution >= 0.6 is 0 Å². The molecule has 0 atom stereocenters. The Kier molecular flexibility index (Phi) is 2.76. The molecule has 102 valence electrons. The zero-order chi connectivity index (χ0) is 13.6. The predicted molar refractivity (Wildman–Crippen MR) is 74.0 cm³/mol. The molecule has 5 nitrogen and oxygen atoms in total. The Labute approximate surface area is 113 Å². The van der Waals surface area contributed by atoms with Crippen molar-refractivity contribution >= 4 is 11.5 Å². The molecule has 2 aliphatic rings. The number of hydrogen-bond donors (Lipinski definition) is 1. The summed E-state index contributed by atoms with van der Waals surface area (Å²) in [7, 11) is 0. The molecule has 1 aromatic carbocycles. The Morgan fingerprint density at radius 1 is 1.32 bits per heavy atom. The van der Waals surface area contributed by atoms with Crippen molar-refractivity contribution in [2.24, 2.45) is 10.7 Å². The minimum atomic E-state index is -1.02. The highest BCUT2D eigenvalue weighted by Gasteiger charge is 2.53. The van der Waals surface area contributed by atoms with Crippen LogP contribution in [-0.4, -0.2) is 25.2 Å². The summed E-state index contributed by atoms with van der Waals surface area (Å²) >= 11 is 0. The van der Waals surface area contributed by atoms with E-state index in [-0.39, 0.29) is 6.29 Å². The third kappa shape index (κ3) is 1.65. The lowest BCUT2D eigenvalue weighted by Crippen LogP contribution is -2.48. The molecule has 1 spiro atoms. The highest BCUT2D eigenvalue weighted by molar-refractivity contribution is 6.03. The zero-order valence-corrected chi connectivity index (χ0v) is 11.5. The molecule has 2 N–H and O–H groups in total. The summed E-state index contributed by atoms with van der Waals surface area (Å²) in [5, 5.41) is 0. The molecular formula is C14H19N3O2. The van der Waals surface area contributed by atoms with Crippen LogP contribution in [0.2, 0.25) is 0 Å². The second-order valence-corrected chi connectivity index (χ2v) is 4.75. The van der Waals surface area contributed by atoms with Crippen molar-refractivity contribution in [3.8, 4) is 0 Å². The lowest BCUT2D eigenvalue weighted by Gasteiger charge is -2.42. The van der Waals surface area contributed by atoms with Gasteiger partial charge in [-0.05, 0) is 26.8 Å². The fraction of sp³-hybridized carbons (Fsp3) is 0.500. The first-order valence-electron chi connectivity index (χ1n) is 6.71. The van der Waals surface area contributed by atoms with Crippen molar-refractivity contribution < 1.29 is 9.47 Å². The maximum atomic E-state index is 6.00. The van der Waals surface area contributed by atoms with Gasteiger partial charge in [0.2, 0.25) is 0 Å². The van der Waals surface area contributed by atoms with E-state index in [0.717, 1.165) is 29.9 Å². The first kappa shape index (κ1) is 12.4. The van der Waals surface area contributed by atoms with E-state index in [4.69, 9.17) is 15.2 Å². The Morgan fingerprint density at radius 3 is 2.58 bits per heavy atom. The number of aliphatic imine (C=N–C) groups is 1. The van der Waals surface area contributed by atoms with E-state index in [1.807, 2.05) is 19.1 Å². The fourth-order valence-electron chi connectivity index (χ4n) is 2.82. The number of nitrogens with two attached hydrogens (primary N) is 1. The Bertz CT molecular complexity index is 531. The van der Waals surface area contributed by atoms with Crippen LogP contribution in [0.15, 0.2) is 23.2 Å². The first-order valence-corrected chi connectivity index (χ1v) is 6.71. The summed E-state index contributed by atoms with van der Waals surface area (Å²) in [6.45, 7) is 7.94. The summed E-state index contributed by atoms with van der Waals surface area (Å²) in [6.07, 6.45) is -0.243. The second kappa shape index (κ2) is 4.21. The van der Waals surface area contributed by atoms with Crippen molar-refractivity contribution in [2.45, 2.75) is 33.0 Å². The summed E-state index contributed by atoms with van der Waals surface area (Å²) in [5.41, 5.74) is 8.93. The van der Waals surface area contributed by atoms with Crippen LogP contribution in [0.1, 0.15) is 31.9 Å². The molecule has 5 heteroatoms. The van der Waals surface area contributed by atoms with Crippen molar-refractivity contribution in [1.29, 1.82) is 0 Å². The quantitative estimate of drug-likeness (QED) is 0.900. The van der Waals surface area contributed by atoms with Gasteiger partial charge in [0.1, 0.15) is 5.84 Å². The highest BCUT2D eigenvalue weighted by Crippen LogP contribution is 2.49. The number of hydrogen-bond acceptors (Lipinski definition) is 5. The molecule has 2 heterocycles. The molecule has 0 saturated carbocycles. The van der Waals surface area contributed by atoms with E-state index >= 15 is 0 Å². The van der Waals surface area contributed by atoms with E-state index in [0.29, 0.717) is 5.84 Å². The number of amidine groups is 1. The minimum Gasteiger partial charge on any atom is -0.383 e. The molecular weight excluding hydrogens is 242 g/mol. The number of nitrogens with zero attached hydrogens (tertiary/aromatic N) is 2. The monoisotopic (exact) mass is 261 g/mol. The van der Waals surface area contributed by atoms with Crippen LogP contribution in [-0.2, 0) is 15.4 Å². The third-order valence-electron chi connectivity index (χ3n) is 3.66. The average molecular weight is 261 g/mol. The summed E-state index contributed by atoms with van der Waals surface area (Å²) in [6, 6.07) is 6.03. The van der Waals surface area contributed by atoms with E-state index in [1.165, 1.54) is 0 Å². The van der Waals surface area contributed by atoms with Crippen LogP contribution in [0.25, 0.3) is 0 Å².